The SMILES string of the molecule is O=C(Nc1ccc(N2CCOCC2)cc1)c1cc2sccc2n1Cc1cccc(F)c1. The maximum atomic E-state index is 13.7. The van der Waals surface area contributed by atoms with Gasteiger partial charge >= 0.3 is 0 Å². The van der Waals surface area contributed by atoms with Gasteiger partial charge in [-0.3, -0.25) is 4.79 Å². The van der Waals surface area contributed by atoms with E-state index in [1.54, 1.807) is 17.4 Å². The van der Waals surface area contributed by atoms with Crippen LogP contribution in [0.15, 0.2) is 66.0 Å². The van der Waals surface area contributed by atoms with Crippen LogP contribution in [0.2, 0.25) is 0 Å². The van der Waals surface area contributed by atoms with Crippen molar-refractivity contribution in [1.29, 1.82) is 0 Å². The molecular formula is C24H22FN3O2S. The number of aromatic nitrogens is 1. The largest absolute Gasteiger partial charge is 0.378 e. The van der Waals surface area contributed by atoms with Crippen LogP contribution in [0.1, 0.15) is 16.1 Å². The number of rotatable bonds is 5. The first kappa shape index (κ1) is 19.8. The molecule has 1 N–H and O–H groups in total. The fourth-order valence-electron chi connectivity index (χ4n) is 3.93. The molecule has 5 rings (SSSR count). The summed E-state index contributed by atoms with van der Waals surface area (Å²) in [5.41, 5.74) is 4.21. The molecule has 0 bridgehead atoms. The first-order valence-corrected chi connectivity index (χ1v) is 11.1. The summed E-state index contributed by atoms with van der Waals surface area (Å²) >= 11 is 1.59. The fraction of sp³-hybridized carbons (Fsp3) is 0.208. The molecule has 1 amide bonds. The number of anilines is 2. The predicted molar refractivity (Wildman–Crippen MR) is 123 cm³/mol. The van der Waals surface area contributed by atoms with Gasteiger partial charge in [0, 0.05) is 31.0 Å². The van der Waals surface area contributed by atoms with Crippen molar-refractivity contribution in [3.05, 3.63) is 83.1 Å². The number of amides is 1. The van der Waals surface area contributed by atoms with E-state index < -0.39 is 0 Å². The third-order valence-electron chi connectivity index (χ3n) is 5.49. The summed E-state index contributed by atoms with van der Waals surface area (Å²) in [6, 6.07) is 18.3. The van der Waals surface area contributed by atoms with Gasteiger partial charge in [-0.2, -0.15) is 0 Å². The predicted octanol–water partition coefficient (Wildman–Crippen LogP) is 4.98. The number of carbonyl (C=O) groups excluding carboxylic acids is 1. The van der Waals surface area contributed by atoms with E-state index in [9.17, 15) is 9.18 Å². The molecule has 0 aliphatic carbocycles. The van der Waals surface area contributed by atoms with Crippen LogP contribution in [0.4, 0.5) is 15.8 Å². The summed E-state index contributed by atoms with van der Waals surface area (Å²) in [5.74, 6) is -0.462. The van der Waals surface area contributed by atoms with Crippen molar-refractivity contribution in [1.82, 2.24) is 4.57 Å². The topological polar surface area (TPSA) is 46.5 Å². The van der Waals surface area contributed by atoms with Crippen molar-refractivity contribution >= 4 is 38.8 Å². The summed E-state index contributed by atoms with van der Waals surface area (Å²) in [4.78, 5) is 15.4. The number of fused-ring (bicyclic) bond motifs is 1. The molecule has 0 unspecified atom stereocenters. The first-order valence-electron chi connectivity index (χ1n) is 10.2. The summed E-state index contributed by atoms with van der Waals surface area (Å²) in [5, 5.41) is 5.00. The van der Waals surface area contributed by atoms with Crippen LogP contribution in [0.25, 0.3) is 10.2 Å². The Balaban J connectivity index is 1.37. The van der Waals surface area contributed by atoms with Crippen molar-refractivity contribution in [3.63, 3.8) is 0 Å². The molecule has 2 aromatic carbocycles. The molecule has 0 saturated carbocycles. The molecule has 158 valence electrons. The van der Waals surface area contributed by atoms with E-state index in [2.05, 4.69) is 10.2 Å². The molecule has 3 heterocycles. The normalized spacial score (nSPS) is 14.2. The Bertz CT molecular complexity index is 1210. The number of hydrogen-bond acceptors (Lipinski definition) is 4. The zero-order chi connectivity index (χ0) is 21.2. The van der Waals surface area contributed by atoms with E-state index in [-0.39, 0.29) is 11.7 Å². The van der Waals surface area contributed by atoms with Crippen LogP contribution in [-0.4, -0.2) is 36.8 Å². The second-order valence-corrected chi connectivity index (χ2v) is 8.46. The first-order chi connectivity index (χ1) is 15.2. The van der Waals surface area contributed by atoms with E-state index in [1.165, 1.54) is 12.1 Å². The molecule has 1 fully saturated rings. The molecule has 0 radical (unpaired) electrons. The minimum absolute atomic E-state index is 0.182. The lowest BCUT2D eigenvalue weighted by Gasteiger charge is -2.28. The average Bonchev–Trinajstić information content (AvgIpc) is 3.38. The number of morpholine rings is 1. The molecule has 5 nitrogen and oxygen atoms in total. The van der Waals surface area contributed by atoms with E-state index in [0.717, 1.165) is 53.5 Å². The minimum atomic E-state index is -0.280. The highest BCUT2D eigenvalue weighted by molar-refractivity contribution is 7.17. The molecule has 31 heavy (non-hydrogen) atoms. The molecule has 1 saturated heterocycles. The highest BCUT2D eigenvalue weighted by atomic mass is 32.1. The third-order valence-corrected chi connectivity index (χ3v) is 6.34. The van der Waals surface area contributed by atoms with Gasteiger partial charge in [-0.25, -0.2) is 4.39 Å². The Kier molecular flexibility index (Phi) is 5.44. The maximum absolute atomic E-state index is 13.7. The van der Waals surface area contributed by atoms with E-state index in [0.29, 0.717) is 12.2 Å². The van der Waals surface area contributed by atoms with Gasteiger partial charge < -0.3 is 19.5 Å². The van der Waals surface area contributed by atoms with Crippen molar-refractivity contribution in [2.45, 2.75) is 6.54 Å². The van der Waals surface area contributed by atoms with Crippen LogP contribution in [0.3, 0.4) is 0 Å². The maximum Gasteiger partial charge on any atom is 0.272 e. The third kappa shape index (κ3) is 4.19. The Morgan fingerprint density at radius 1 is 1.06 bits per heavy atom. The van der Waals surface area contributed by atoms with Crippen molar-refractivity contribution in [3.8, 4) is 0 Å². The average molecular weight is 436 g/mol. The van der Waals surface area contributed by atoms with Crippen molar-refractivity contribution in [2.75, 3.05) is 36.5 Å². The number of thiophene rings is 1. The van der Waals surface area contributed by atoms with E-state index in [4.69, 9.17) is 4.74 Å². The number of hydrogen-bond donors (Lipinski definition) is 1. The molecule has 7 heteroatoms. The molecule has 0 spiro atoms. The second kappa shape index (κ2) is 8.53. The summed E-state index contributed by atoms with van der Waals surface area (Å²) in [6.07, 6.45) is 0. The number of benzene rings is 2. The van der Waals surface area contributed by atoms with Gasteiger partial charge in [-0.05, 0) is 59.5 Å². The van der Waals surface area contributed by atoms with Crippen molar-refractivity contribution in [2.24, 2.45) is 0 Å². The highest BCUT2D eigenvalue weighted by Crippen LogP contribution is 2.27. The van der Waals surface area contributed by atoms with Gasteiger partial charge in [-0.15, -0.1) is 11.3 Å². The van der Waals surface area contributed by atoms with Crippen LogP contribution in [-0.2, 0) is 11.3 Å². The molecule has 1 aliphatic rings. The van der Waals surface area contributed by atoms with Crippen LogP contribution < -0.4 is 10.2 Å². The molecule has 2 aromatic heterocycles. The smallest absolute Gasteiger partial charge is 0.272 e. The van der Waals surface area contributed by atoms with Gasteiger partial charge in [-0.1, -0.05) is 12.1 Å². The lowest BCUT2D eigenvalue weighted by molar-refractivity contribution is 0.101. The zero-order valence-corrected chi connectivity index (χ0v) is 17.7. The summed E-state index contributed by atoms with van der Waals surface area (Å²) < 4.78 is 22.0. The fourth-order valence-corrected chi connectivity index (χ4v) is 4.75. The lowest BCUT2D eigenvalue weighted by atomic mass is 10.2. The Labute approximate surface area is 183 Å². The highest BCUT2D eigenvalue weighted by Gasteiger charge is 2.18. The standard InChI is InChI=1S/C24H22FN3O2S/c25-18-3-1-2-17(14-18)16-28-21-8-13-31-23(21)15-22(28)24(29)26-19-4-6-20(7-5-19)27-9-11-30-12-10-27/h1-8,13-15H,9-12,16H2,(H,26,29). The lowest BCUT2D eigenvalue weighted by Crippen LogP contribution is -2.36. The Morgan fingerprint density at radius 2 is 1.87 bits per heavy atom. The number of nitrogens with one attached hydrogen (secondary N) is 1. The van der Waals surface area contributed by atoms with Crippen LogP contribution in [0, 0.1) is 5.82 Å². The Hall–Kier alpha value is -3.16. The van der Waals surface area contributed by atoms with Gasteiger partial charge in [0.2, 0.25) is 0 Å². The van der Waals surface area contributed by atoms with Gasteiger partial charge in [0.25, 0.3) is 5.91 Å². The Morgan fingerprint density at radius 3 is 2.65 bits per heavy atom. The number of nitrogens with zero attached hydrogens (tertiary/aromatic N) is 2. The molecular weight excluding hydrogens is 413 g/mol. The molecule has 4 aromatic rings. The van der Waals surface area contributed by atoms with E-state index in [1.807, 2.05) is 52.4 Å². The monoisotopic (exact) mass is 435 g/mol. The number of ether oxygens (including phenoxy) is 1. The quantitative estimate of drug-likeness (QED) is 0.481. The summed E-state index contributed by atoms with van der Waals surface area (Å²) in [6.45, 7) is 3.64. The van der Waals surface area contributed by atoms with E-state index >= 15 is 0 Å². The molecule has 0 atom stereocenters. The second-order valence-electron chi connectivity index (χ2n) is 7.52. The summed E-state index contributed by atoms with van der Waals surface area (Å²) in [7, 11) is 0. The molecule has 1 aliphatic heterocycles. The van der Waals surface area contributed by atoms with Gasteiger partial charge in [0.05, 0.1) is 23.4 Å². The van der Waals surface area contributed by atoms with Gasteiger partial charge in [0.1, 0.15) is 11.5 Å². The number of carbonyl (C=O) groups is 1. The van der Waals surface area contributed by atoms with Crippen LogP contribution in [0.5, 0.6) is 0 Å². The van der Waals surface area contributed by atoms with Crippen LogP contribution >= 0.6 is 11.3 Å². The van der Waals surface area contributed by atoms with Gasteiger partial charge in [0.15, 0.2) is 0 Å². The minimum Gasteiger partial charge on any atom is -0.378 e. The zero-order valence-electron chi connectivity index (χ0n) is 16.9. The van der Waals surface area contributed by atoms with Crippen molar-refractivity contribution < 1.29 is 13.9 Å². The number of halogens is 1.